The third-order valence-electron chi connectivity index (χ3n) is 5.06. The highest BCUT2D eigenvalue weighted by Crippen LogP contribution is 2.21. The molecule has 2 aromatic carbocycles. The highest BCUT2D eigenvalue weighted by atomic mass is 16.3. The summed E-state index contributed by atoms with van der Waals surface area (Å²) in [4.78, 5) is 31.0. The molecule has 1 aliphatic rings. The molecule has 2 heterocycles. The molecule has 0 aliphatic carbocycles. The van der Waals surface area contributed by atoms with Gasteiger partial charge in [0.05, 0.1) is 24.9 Å². The van der Waals surface area contributed by atoms with E-state index in [0.717, 1.165) is 16.8 Å². The van der Waals surface area contributed by atoms with Gasteiger partial charge in [-0.05, 0) is 41.5 Å². The smallest absolute Gasteiger partial charge is 0.322 e. The second kappa shape index (κ2) is 8.75. The van der Waals surface area contributed by atoms with Gasteiger partial charge in [0.25, 0.3) is 5.91 Å². The normalized spacial score (nSPS) is 13.4. The van der Waals surface area contributed by atoms with Crippen molar-refractivity contribution in [2.24, 2.45) is 0 Å². The molecular formula is C23H22N4O3. The molecule has 3 N–H and O–H groups in total. The maximum atomic E-state index is 12.5. The summed E-state index contributed by atoms with van der Waals surface area (Å²) in [6.07, 6.45) is 1.73. The number of rotatable bonds is 5. The predicted octanol–water partition coefficient (Wildman–Crippen LogP) is 3.09. The first-order valence-corrected chi connectivity index (χ1v) is 9.69. The average Bonchev–Trinajstić information content (AvgIpc) is 3.23. The Bertz CT molecular complexity index is 1010. The van der Waals surface area contributed by atoms with Gasteiger partial charge >= 0.3 is 6.03 Å². The lowest BCUT2D eigenvalue weighted by molar-refractivity contribution is 0.0916. The summed E-state index contributed by atoms with van der Waals surface area (Å²) in [5, 5.41) is 15.3. The number of pyridine rings is 1. The summed E-state index contributed by atoms with van der Waals surface area (Å²) in [7, 11) is 0. The Morgan fingerprint density at radius 2 is 1.77 bits per heavy atom. The fourth-order valence-corrected chi connectivity index (χ4v) is 3.41. The van der Waals surface area contributed by atoms with Gasteiger partial charge in [-0.25, -0.2) is 4.79 Å². The van der Waals surface area contributed by atoms with Crippen LogP contribution in [0.5, 0.6) is 0 Å². The Balaban J connectivity index is 1.36. The molecule has 0 spiro atoms. The van der Waals surface area contributed by atoms with Crippen LogP contribution in [0.15, 0.2) is 72.9 Å². The molecule has 0 bridgehead atoms. The standard InChI is InChI=1S/C23H22N4O3/c28-15-21(16-5-2-1-3-6-16)26-22(29)17-8-10-19(11-9-17)25-23(30)27-13-18-7-4-12-24-20(18)14-27/h1-12,21,28H,13-15H2,(H,25,30)(H,26,29). The molecule has 1 aromatic heterocycles. The Morgan fingerprint density at radius 3 is 2.47 bits per heavy atom. The number of nitrogens with one attached hydrogen (secondary N) is 2. The van der Waals surface area contributed by atoms with Gasteiger partial charge in [-0.15, -0.1) is 0 Å². The van der Waals surface area contributed by atoms with Crippen LogP contribution >= 0.6 is 0 Å². The van der Waals surface area contributed by atoms with Crippen LogP contribution in [0.4, 0.5) is 10.5 Å². The average molecular weight is 402 g/mol. The Kier molecular flexibility index (Phi) is 5.72. The first-order valence-electron chi connectivity index (χ1n) is 9.69. The summed E-state index contributed by atoms with van der Waals surface area (Å²) in [6.45, 7) is 0.805. The van der Waals surface area contributed by atoms with E-state index in [0.29, 0.717) is 24.3 Å². The molecule has 0 saturated heterocycles. The molecule has 7 nitrogen and oxygen atoms in total. The van der Waals surface area contributed by atoms with Crippen LogP contribution in [0.25, 0.3) is 0 Å². The van der Waals surface area contributed by atoms with Gasteiger partial charge in [-0.1, -0.05) is 36.4 Å². The predicted molar refractivity (Wildman–Crippen MR) is 113 cm³/mol. The minimum Gasteiger partial charge on any atom is -0.394 e. The van der Waals surface area contributed by atoms with Gasteiger partial charge in [0.2, 0.25) is 0 Å². The minimum atomic E-state index is -0.483. The van der Waals surface area contributed by atoms with E-state index in [1.807, 2.05) is 42.5 Å². The van der Waals surface area contributed by atoms with Crippen LogP contribution < -0.4 is 10.6 Å². The summed E-state index contributed by atoms with van der Waals surface area (Å²) < 4.78 is 0. The van der Waals surface area contributed by atoms with E-state index < -0.39 is 6.04 Å². The molecule has 4 rings (SSSR count). The zero-order valence-corrected chi connectivity index (χ0v) is 16.3. The van der Waals surface area contributed by atoms with E-state index in [2.05, 4.69) is 15.6 Å². The van der Waals surface area contributed by atoms with Crippen LogP contribution in [0, 0.1) is 0 Å². The number of aliphatic hydroxyl groups is 1. The molecule has 1 aliphatic heterocycles. The fourth-order valence-electron chi connectivity index (χ4n) is 3.41. The van der Waals surface area contributed by atoms with E-state index >= 15 is 0 Å². The van der Waals surface area contributed by atoms with Crippen LogP contribution in [0.2, 0.25) is 0 Å². The Labute approximate surface area is 174 Å². The maximum Gasteiger partial charge on any atom is 0.322 e. The quantitative estimate of drug-likeness (QED) is 0.611. The first kappa shape index (κ1) is 19.6. The van der Waals surface area contributed by atoms with Gasteiger partial charge in [-0.2, -0.15) is 0 Å². The number of nitrogens with zero attached hydrogens (tertiary/aromatic N) is 2. The van der Waals surface area contributed by atoms with Crippen LogP contribution in [0.3, 0.4) is 0 Å². The number of carbonyl (C=O) groups is 2. The second-order valence-corrected chi connectivity index (χ2v) is 7.09. The third-order valence-corrected chi connectivity index (χ3v) is 5.06. The number of anilines is 1. The molecule has 152 valence electrons. The lowest BCUT2D eigenvalue weighted by Gasteiger charge is -2.18. The van der Waals surface area contributed by atoms with Gasteiger partial charge in [-0.3, -0.25) is 9.78 Å². The molecule has 0 saturated carbocycles. The highest BCUT2D eigenvalue weighted by molar-refractivity contribution is 5.95. The van der Waals surface area contributed by atoms with Crippen LogP contribution in [0.1, 0.15) is 33.2 Å². The van der Waals surface area contributed by atoms with E-state index in [4.69, 9.17) is 0 Å². The molecular weight excluding hydrogens is 380 g/mol. The largest absolute Gasteiger partial charge is 0.394 e. The van der Waals surface area contributed by atoms with Crippen LogP contribution in [-0.2, 0) is 13.1 Å². The number of benzene rings is 2. The van der Waals surface area contributed by atoms with Crippen LogP contribution in [-0.4, -0.2) is 33.5 Å². The van der Waals surface area contributed by atoms with Gasteiger partial charge in [0, 0.05) is 24.0 Å². The number of carbonyl (C=O) groups excluding carboxylic acids is 2. The van der Waals surface area contributed by atoms with E-state index in [9.17, 15) is 14.7 Å². The van der Waals surface area contributed by atoms with Gasteiger partial charge < -0.3 is 20.6 Å². The Hall–Kier alpha value is -3.71. The first-order chi connectivity index (χ1) is 14.6. The second-order valence-electron chi connectivity index (χ2n) is 7.09. The van der Waals surface area contributed by atoms with Crippen molar-refractivity contribution in [1.29, 1.82) is 0 Å². The SMILES string of the molecule is O=C(NC(CO)c1ccccc1)c1ccc(NC(=O)N2Cc3cccnc3C2)cc1. The molecule has 1 atom stereocenters. The molecule has 0 radical (unpaired) electrons. The van der Waals surface area contributed by atoms with Crippen molar-refractivity contribution in [3.8, 4) is 0 Å². The Morgan fingerprint density at radius 1 is 1.00 bits per heavy atom. The number of urea groups is 1. The van der Waals surface area contributed by atoms with Crippen molar-refractivity contribution < 1.29 is 14.7 Å². The summed E-state index contributed by atoms with van der Waals surface area (Å²) in [5.74, 6) is -0.295. The van der Waals surface area contributed by atoms with E-state index in [1.54, 1.807) is 35.4 Å². The zero-order chi connectivity index (χ0) is 20.9. The number of aromatic nitrogens is 1. The third kappa shape index (κ3) is 4.31. The number of amides is 3. The highest BCUT2D eigenvalue weighted by Gasteiger charge is 2.24. The number of aliphatic hydroxyl groups excluding tert-OH is 1. The summed E-state index contributed by atoms with van der Waals surface area (Å²) in [5.41, 5.74) is 3.84. The molecule has 3 aromatic rings. The molecule has 0 fully saturated rings. The monoisotopic (exact) mass is 402 g/mol. The number of fused-ring (bicyclic) bond motifs is 1. The van der Waals surface area contributed by atoms with Crippen molar-refractivity contribution in [3.05, 3.63) is 95.3 Å². The minimum absolute atomic E-state index is 0.197. The fraction of sp³-hybridized carbons (Fsp3) is 0.174. The van der Waals surface area contributed by atoms with Crippen molar-refractivity contribution in [3.63, 3.8) is 0 Å². The molecule has 30 heavy (non-hydrogen) atoms. The van der Waals surface area contributed by atoms with Gasteiger partial charge in [0.1, 0.15) is 0 Å². The molecule has 3 amide bonds. The van der Waals surface area contributed by atoms with Crippen molar-refractivity contribution in [2.45, 2.75) is 19.1 Å². The lowest BCUT2D eigenvalue weighted by atomic mass is 10.1. The molecule has 7 heteroatoms. The number of hydrogen-bond donors (Lipinski definition) is 3. The van der Waals surface area contributed by atoms with E-state index in [-0.39, 0.29) is 18.5 Å². The van der Waals surface area contributed by atoms with Gasteiger partial charge in [0.15, 0.2) is 0 Å². The maximum absolute atomic E-state index is 12.5. The van der Waals surface area contributed by atoms with Crippen molar-refractivity contribution in [2.75, 3.05) is 11.9 Å². The van der Waals surface area contributed by atoms with E-state index in [1.165, 1.54) is 0 Å². The lowest BCUT2D eigenvalue weighted by Crippen LogP contribution is -2.31. The summed E-state index contributed by atoms with van der Waals surface area (Å²) in [6, 6.07) is 19.1. The number of hydrogen-bond acceptors (Lipinski definition) is 4. The zero-order valence-electron chi connectivity index (χ0n) is 16.3. The topological polar surface area (TPSA) is 94.6 Å². The van der Waals surface area contributed by atoms with Crippen molar-refractivity contribution >= 4 is 17.6 Å². The summed E-state index contributed by atoms with van der Waals surface area (Å²) >= 11 is 0. The molecule has 1 unspecified atom stereocenters. The van der Waals surface area contributed by atoms with Crippen molar-refractivity contribution in [1.82, 2.24) is 15.2 Å².